The van der Waals surface area contributed by atoms with E-state index in [9.17, 15) is 17.6 Å². The number of ether oxygens (including phenoxy) is 1. The predicted octanol–water partition coefficient (Wildman–Crippen LogP) is 3.09. The zero-order valence-electron chi connectivity index (χ0n) is 16.2. The summed E-state index contributed by atoms with van der Waals surface area (Å²) in [5.41, 5.74) is 1.10. The highest BCUT2D eigenvalue weighted by molar-refractivity contribution is 7.92. The molecular formula is C20H25FN2O4S. The summed E-state index contributed by atoms with van der Waals surface area (Å²) in [6, 6.07) is 11.4. The van der Waals surface area contributed by atoms with E-state index in [0.717, 1.165) is 16.1 Å². The third-order valence-electron chi connectivity index (χ3n) is 4.11. The molecule has 1 N–H and O–H groups in total. The van der Waals surface area contributed by atoms with Crippen LogP contribution in [0.5, 0.6) is 5.75 Å². The van der Waals surface area contributed by atoms with E-state index in [4.69, 9.17) is 4.74 Å². The molecule has 1 atom stereocenters. The molecule has 0 bridgehead atoms. The summed E-state index contributed by atoms with van der Waals surface area (Å²) in [7, 11) is -3.71. The number of hydrogen-bond acceptors (Lipinski definition) is 4. The summed E-state index contributed by atoms with van der Waals surface area (Å²) in [6.45, 7) is 4.28. The summed E-state index contributed by atoms with van der Waals surface area (Å²) >= 11 is 0. The average Bonchev–Trinajstić information content (AvgIpc) is 2.65. The lowest BCUT2D eigenvalue weighted by Crippen LogP contribution is -2.49. The lowest BCUT2D eigenvalue weighted by molar-refractivity contribution is -0.122. The summed E-state index contributed by atoms with van der Waals surface area (Å²) in [6.07, 6.45) is 1.36. The van der Waals surface area contributed by atoms with Gasteiger partial charge >= 0.3 is 0 Å². The molecule has 0 saturated carbocycles. The van der Waals surface area contributed by atoms with Gasteiger partial charge in [-0.3, -0.25) is 9.10 Å². The third kappa shape index (κ3) is 5.69. The smallest absolute Gasteiger partial charge is 0.244 e. The first-order chi connectivity index (χ1) is 13.3. The monoisotopic (exact) mass is 408 g/mol. The highest BCUT2D eigenvalue weighted by atomic mass is 32.2. The molecule has 0 aliphatic carbocycles. The quantitative estimate of drug-likeness (QED) is 0.692. The van der Waals surface area contributed by atoms with Crippen LogP contribution in [0.4, 0.5) is 10.1 Å². The Labute approximate surface area is 165 Å². The fourth-order valence-corrected chi connectivity index (χ4v) is 4.04. The molecule has 0 heterocycles. The van der Waals surface area contributed by atoms with Gasteiger partial charge in [0, 0.05) is 6.54 Å². The molecule has 0 fully saturated rings. The van der Waals surface area contributed by atoms with Crippen molar-refractivity contribution < 1.29 is 22.3 Å². The van der Waals surface area contributed by atoms with Gasteiger partial charge in [-0.05, 0) is 55.3 Å². The van der Waals surface area contributed by atoms with E-state index in [2.05, 4.69) is 5.32 Å². The summed E-state index contributed by atoms with van der Waals surface area (Å²) < 4.78 is 44.4. The summed E-state index contributed by atoms with van der Waals surface area (Å²) in [4.78, 5) is 12.7. The van der Waals surface area contributed by atoms with Crippen molar-refractivity contribution in [2.45, 2.75) is 32.9 Å². The second-order valence-corrected chi connectivity index (χ2v) is 8.11. The van der Waals surface area contributed by atoms with Crippen LogP contribution < -0.4 is 14.4 Å². The highest BCUT2D eigenvalue weighted by Crippen LogP contribution is 2.25. The van der Waals surface area contributed by atoms with Crippen molar-refractivity contribution in [3.63, 3.8) is 0 Å². The average molecular weight is 408 g/mol. The molecule has 0 radical (unpaired) electrons. The Balaban J connectivity index is 2.21. The zero-order chi connectivity index (χ0) is 20.7. The highest BCUT2D eigenvalue weighted by Gasteiger charge is 2.31. The molecule has 8 heteroatoms. The first-order valence-electron chi connectivity index (χ1n) is 9.00. The van der Waals surface area contributed by atoms with E-state index in [1.165, 1.54) is 12.1 Å². The second-order valence-electron chi connectivity index (χ2n) is 6.25. The number of nitrogens with one attached hydrogen (secondary N) is 1. The Morgan fingerprint density at radius 2 is 1.71 bits per heavy atom. The lowest BCUT2D eigenvalue weighted by atomic mass is 10.1. The maximum atomic E-state index is 13.0. The van der Waals surface area contributed by atoms with E-state index in [1.54, 1.807) is 43.3 Å². The van der Waals surface area contributed by atoms with Gasteiger partial charge in [-0.25, -0.2) is 12.8 Å². The topological polar surface area (TPSA) is 75.7 Å². The van der Waals surface area contributed by atoms with Crippen LogP contribution in [0.15, 0.2) is 48.5 Å². The van der Waals surface area contributed by atoms with Crippen molar-refractivity contribution in [1.82, 2.24) is 5.32 Å². The number of sulfonamides is 1. The fourth-order valence-electron chi connectivity index (χ4n) is 2.83. The summed E-state index contributed by atoms with van der Waals surface area (Å²) in [5.74, 6) is -0.167. The van der Waals surface area contributed by atoms with Crippen LogP contribution in [-0.4, -0.2) is 33.2 Å². The molecule has 0 aliphatic rings. The molecule has 2 rings (SSSR count). The largest absolute Gasteiger partial charge is 0.494 e. The molecule has 0 aromatic heterocycles. The Hall–Kier alpha value is -2.61. The lowest BCUT2D eigenvalue weighted by Gasteiger charge is -2.30. The van der Waals surface area contributed by atoms with E-state index < -0.39 is 22.0 Å². The van der Waals surface area contributed by atoms with Crippen molar-refractivity contribution in [3.8, 4) is 5.75 Å². The number of nitrogens with zero attached hydrogens (tertiary/aromatic N) is 1. The van der Waals surface area contributed by atoms with Gasteiger partial charge in [0.25, 0.3) is 0 Å². The molecule has 0 aliphatic heterocycles. The normalized spacial score (nSPS) is 12.3. The number of hydrogen-bond donors (Lipinski definition) is 1. The molecule has 2 aromatic rings. The minimum absolute atomic E-state index is 0.177. The first kappa shape index (κ1) is 21.7. The van der Waals surface area contributed by atoms with Crippen molar-refractivity contribution >= 4 is 21.6 Å². The fraction of sp³-hybridized carbons (Fsp3) is 0.350. The van der Waals surface area contributed by atoms with E-state index in [0.29, 0.717) is 18.0 Å². The van der Waals surface area contributed by atoms with Crippen LogP contribution in [0.3, 0.4) is 0 Å². The van der Waals surface area contributed by atoms with Crippen LogP contribution in [0.2, 0.25) is 0 Å². The molecule has 0 unspecified atom stereocenters. The van der Waals surface area contributed by atoms with Crippen molar-refractivity contribution in [2.24, 2.45) is 0 Å². The van der Waals surface area contributed by atoms with Crippen LogP contribution >= 0.6 is 0 Å². The van der Waals surface area contributed by atoms with Gasteiger partial charge < -0.3 is 10.1 Å². The molecule has 0 saturated heterocycles. The number of carbonyl (C=O) groups excluding carboxylic acids is 1. The maximum Gasteiger partial charge on any atom is 0.244 e. The van der Waals surface area contributed by atoms with Crippen LogP contribution in [-0.2, 0) is 21.4 Å². The molecule has 2 aromatic carbocycles. The number of halogens is 1. The number of amides is 1. The Morgan fingerprint density at radius 3 is 2.21 bits per heavy atom. The Kier molecular flexibility index (Phi) is 7.39. The Bertz CT molecular complexity index is 883. The van der Waals surface area contributed by atoms with Gasteiger partial charge in [0.2, 0.25) is 15.9 Å². The van der Waals surface area contributed by atoms with E-state index in [1.807, 2.05) is 6.92 Å². The number of anilines is 1. The third-order valence-corrected chi connectivity index (χ3v) is 5.29. The van der Waals surface area contributed by atoms with E-state index >= 15 is 0 Å². The van der Waals surface area contributed by atoms with E-state index in [-0.39, 0.29) is 18.8 Å². The van der Waals surface area contributed by atoms with Crippen molar-refractivity contribution in [1.29, 1.82) is 0 Å². The number of benzene rings is 2. The van der Waals surface area contributed by atoms with Crippen LogP contribution in [0.1, 0.15) is 25.8 Å². The zero-order valence-corrected chi connectivity index (χ0v) is 17.0. The molecule has 6 nitrogen and oxygen atoms in total. The van der Waals surface area contributed by atoms with Gasteiger partial charge in [0.1, 0.15) is 17.6 Å². The molecule has 0 spiro atoms. The van der Waals surface area contributed by atoms with Crippen LogP contribution in [0.25, 0.3) is 0 Å². The van der Waals surface area contributed by atoms with Crippen molar-refractivity contribution in [2.75, 3.05) is 17.2 Å². The Morgan fingerprint density at radius 1 is 1.11 bits per heavy atom. The molecular weight excluding hydrogens is 383 g/mol. The maximum absolute atomic E-state index is 13.0. The van der Waals surface area contributed by atoms with Crippen LogP contribution in [0, 0.1) is 5.82 Å². The van der Waals surface area contributed by atoms with Gasteiger partial charge in [-0.1, -0.05) is 19.1 Å². The standard InChI is InChI=1S/C20H25FN2O4S/c1-4-19(20(24)22-14-15-6-8-16(21)9-7-15)23(28(3,25)26)17-10-12-18(13-11-17)27-5-2/h6-13,19H,4-5,14H2,1-3H3,(H,22,24)/t19-/m1/s1. The first-order valence-corrected chi connectivity index (χ1v) is 10.9. The van der Waals surface area contributed by atoms with Crippen molar-refractivity contribution in [3.05, 3.63) is 59.9 Å². The SMILES string of the molecule is CCOc1ccc(N([C@H](CC)C(=O)NCc2ccc(F)cc2)S(C)(=O)=O)cc1. The van der Waals surface area contributed by atoms with Gasteiger partial charge in [-0.2, -0.15) is 0 Å². The molecule has 28 heavy (non-hydrogen) atoms. The second kappa shape index (κ2) is 9.54. The van der Waals surface area contributed by atoms with Gasteiger partial charge in [-0.15, -0.1) is 0 Å². The number of carbonyl (C=O) groups is 1. The van der Waals surface area contributed by atoms with Gasteiger partial charge in [0.05, 0.1) is 18.6 Å². The predicted molar refractivity (Wildman–Crippen MR) is 107 cm³/mol. The molecule has 152 valence electrons. The molecule has 1 amide bonds. The van der Waals surface area contributed by atoms with Gasteiger partial charge in [0.15, 0.2) is 0 Å². The summed E-state index contributed by atoms with van der Waals surface area (Å²) in [5, 5.41) is 2.73. The minimum Gasteiger partial charge on any atom is -0.494 e. The minimum atomic E-state index is -3.71. The number of rotatable bonds is 9.